The van der Waals surface area contributed by atoms with E-state index in [9.17, 15) is 8.78 Å². The maximum Gasteiger partial charge on any atom is 0.131 e. The first kappa shape index (κ1) is 13.8. The number of nitrogens with two attached hydrogens (primary N) is 1. The Morgan fingerprint density at radius 1 is 1.16 bits per heavy atom. The quantitative estimate of drug-likeness (QED) is 0.933. The van der Waals surface area contributed by atoms with E-state index in [1.54, 1.807) is 12.1 Å². The molecule has 0 aliphatic heterocycles. The number of ether oxygens (including phenoxy) is 1. The van der Waals surface area contributed by atoms with Crippen LogP contribution in [0.2, 0.25) is 5.02 Å². The Labute approximate surface area is 114 Å². The van der Waals surface area contributed by atoms with Gasteiger partial charge < -0.3 is 10.5 Å². The average Bonchev–Trinajstić information content (AvgIpc) is 2.38. The van der Waals surface area contributed by atoms with E-state index in [2.05, 4.69) is 0 Å². The minimum Gasteiger partial charge on any atom is -0.496 e. The van der Waals surface area contributed by atoms with Crippen LogP contribution in [0.3, 0.4) is 0 Å². The Morgan fingerprint density at radius 3 is 2.37 bits per heavy atom. The molecule has 2 N–H and O–H groups in total. The summed E-state index contributed by atoms with van der Waals surface area (Å²) in [5.74, 6) is -0.969. The lowest BCUT2D eigenvalue weighted by molar-refractivity contribution is 0.406. The third-order valence-electron chi connectivity index (χ3n) is 2.84. The molecule has 0 saturated heterocycles. The zero-order valence-corrected chi connectivity index (χ0v) is 10.9. The first-order chi connectivity index (χ1) is 9.04. The first-order valence-corrected chi connectivity index (χ1v) is 5.95. The van der Waals surface area contributed by atoms with Crippen molar-refractivity contribution in [3.05, 3.63) is 64.2 Å². The predicted molar refractivity (Wildman–Crippen MR) is 70.4 cm³/mol. The molecule has 2 aromatic rings. The summed E-state index contributed by atoms with van der Waals surface area (Å²) in [6.07, 6.45) is 0. The van der Waals surface area contributed by atoms with Crippen molar-refractivity contribution in [2.24, 2.45) is 5.73 Å². The van der Waals surface area contributed by atoms with Gasteiger partial charge in [0.05, 0.1) is 13.2 Å². The molecule has 2 aromatic carbocycles. The van der Waals surface area contributed by atoms with E-state index in [1.807, 2.05) is 0 Å². The van der Waals surface area contributed by atoms with Gasteiger partial charge in [0, 0.05) is 16.1 Å². The van der Waals surface area contributed by atoms with Crippen LogP contribution in [-0.4, -0.2) is 7.11 Å². The van der Waals surface area contributed by atoms with E-state index in [-0.39, 0.29) is 5.56 Å². The van der Waals surface area contributed by atoms with Gasteiger partial charge >= 0.3 is 0 Å². The van der Waals surface area contributed by atoms with E-state index < -0.39 is 17.7 Å². The van der Waals surface area contributed by atoms with Crippen molar-refractivity contribution in [2.75, 3.05) is 7.11 Å². The van der Waals surface area contributed by atoms with Crippen molar-refractivity contribution >= 4 is 11.6 Å². The summed E-state index contributed by atoms with van der Waals surface area (Å²) >= 11 is 5.89. The zero-order valence-electron chi connectivity index (χ0n) is 10.2. The van der Waals surface area contributed by atoms with Crippen LogP contribution in [0.15, 0.2) is 36.4 Å². The van der Waals surface area contributed by atoms with Crippen LogP contribution in [-0.2, 0) is 0 Å². The number of hydrogen-bond donors (Lipinski definition) is 1. The molecular weight excluding hydrogens is 272 g/mol. The molecule has 0 aliphatic rings. The van der Waals surface area contributed by atoms with Crippen LogP contribution in [0.4, 0.5) is 8.78 Å². The van der Waals surface area contributed by atoms with Crippen molar-refractivity contribution in [3.63, 3.8) is 0 Å². The lowest BCUT2D eigenvalue weighted by atomic mass is 9.97. The summed E-state index contributed by atoms with van der Waals surface area (Å²) < 4.78 is 32.6. The molecule has 0 radical (unpaired) electrons. The largest absolute Gasteiger partial charge is 0.496 e. The molecule has 1 unspecified atom stereocenters. The number of hydrogen-bond acceptors (Lipinski definition) is 2. The molecule has 0 aliphatic carbocycles. The second kappa shape index (κ2) is 5.55. The molecule has 0 aromatic heterocycles. The molecule has 5 heteroatoms. The minimum absolute atomic E-state index is 0.205. The van der Waals surface area contributed by atoms with Gasteiger partial charge in [-0.15, -0.1) is 0 Å². The van der Waals surface area contributed by atoms with E-state index in [0.717, 1.165) is 12.1 Å². The summed E-state index contributed by atoms with van der Waals surface area (Å²) in [4.78, 5) is 0. The van der Waals surface area contributed by atoms with E-state index in [1.165, 1.54) is 19.2 Å². The molecule has 0 spiro atoms. The molecular formula is C14H12ClF2NO. The van der Waals surface area contributed by atoms with Crippen molar-refractivity contribution in [3.8, 4) is 5.75 Å². The van der Waals surface area contributed by atoms with Gasteiger partial charge in [0.1, 0.15) is 17.4 Å². The van der Waals surface area contributed by atoms with Gasteiger partial charge in [-0.05, 0) is 30.3 Å². The molecule has 0 fully saturated rings. The molecule has 1 atom stereocenters. The summed E-state index contributed by atoms with van der Waals surface area (Å²) in [5, 5.41) is 0.419. The van der Waals surface area contributed by atoms with E-state index in [0.29, 0.717) is 16.3 Å². The van der Waals surface area contributed by atoms with Gasteiger partial charge in [0.25, 0.3) is 0 Å². The van der Waals surface area contributed by atoms with Crippen LogP contribution < -0.4 is 10.5 Å². The third kappa shape index (κ3) is 2.69. The highest BCUT2D eigenvalue weighted by Crippen LogP contribution is 2.32. The third-order valence-corrected chi connectivity index (χ3v) is 3.07. The van der Waals surface area contributed by atoms with Crippen LogP contribution in [0.1, 0.15) is 17.2 Å². The molecule has 100 valence electrons. The van der Waals surface area contributed by atoms with Gasteiger partial charge in [0.2, 0.25) is 0 Å². The lowest BCUT2D eigenvalue weighted by Crippen LogP contribution is -2.16. The maximum absolute atomic E-state index is 13.7. The monoisotopic (exact) mass is 283 g/mol. The van der Waals surface area contributed by atoms with Crippen LogP contribution in [0.5, 0.6) is 5.75 Å². The van der Waals surface area contributed by atoms with E-state index in [4.69, 9.17) is 22.1 Å². The van der Waals surface area contributed by atoms with Gasteiger partial charge in [-0.25, -0.2) is 8.78 Å². The van der Waals surface area contributed by atoms with Crippen LogP contribution in [0.25, 0.3) is 0 Å². The van der Waals surface area contributed by atoms with Gasteiger partial charge in [-0.2, -0.15) is 0 Å². The number of methoxy groups -OCH3 is 1. The molecule has 0 saturated carbocycles. The normalized spacial score (nSPS) is 12.3. The Bertz CT molecular complexity index is 584. The van der Waals surface area contributed by atoms with Gasteiger partial charge in [-0.1, -0.05) is 17.7 Å². The SMILES string of the molecule is COc1ccc(Cl)cc1C(N)c1c(F)cccc1F. The van der Waals surface area contributed by atoms with Crippen LogP contribution >= 0.6 is 11.6 Å². The fraction of sp³-hybridized carbons (Fsp3) is 0.143. The fourth-order valence-electron chi connectivity index (χ4n) is 1.91. The second-order valence-corrected chi connectivity index (χ2v) is 4.44. The highest BCUT2D eigenvalue weighted by atomic mass is 35.5. The molecule has 0 bridgehead atoms. The Hall–Kier alpha value is -1.65. The molecule has 19 heavy (non-hydrogen) atoms. The van der Waals surface area contributed by atoms with Gasteiger partial charge in [-0.3, -0.25) is 0 Å². The Morgan fingerprint density at radius 2 is 1.79 bits per heavy atom. The second-order valence-electron chi connectivity index (χ2n) is 4.00. The average molecular weight is 284 g/mol. The zero-order chi connectivity index (χ0) is 14.0. The highest BCUT2D eigenvalue weighted by Gasteiger charge is 2.21. The van der Waals surface area contributed by atoms with Crippen molar-refractivity contribution < 1.29 is 13.5 Å². The van der Waals surface area contributed by atoms with Gasteiger partial charge in [0.15, 0.2) is 0 Å². The molecule has 0 heterocycles. The maximum atomic E-state index is 13.7. The Kier molecular flexibility index (Phi) is 4.02. The molecule has 2 rings (SSSR count). The minimum atomic E-state index is -0.991. The smallest absolute Gasteiger partial charge is 0.131 e. The molecule has 2 nitrogen and oxygen atoms in total. The van der Waals surface area contributed by atoms with Crippen molar-refractivity contribution in [1.29, 1.82) is 0 Å². The van der Waals surface area contributed by atoms with Crippen molar-refractivity contribution in [2.45, 2.75) is 6.04 Å². The van der Waals surface area contributed by atoms with Crippen LogP contribution in [0, 0.1) is 11.6 Å². The first-order valence-electron chi connectivity index (χ1n) is 5.57. The summed E-state index contributed by atoms with van der Waals surface area (Å²) in [6.45, 7) is 0. The highest BCUT2D eigenvalue weighted by molar-refractivity contribution is 6.30. The number of rotatable bonds is 3. The Balaban J connectivity index is 2.55. The standard InChI is InChI=1S/C14H12ClF2NO/c1-19-12-6-5-8(15)7-9(12)14(18)13-10(16)3-2-4-11(13)17/h2-7,14H,18H2,1H3. The topological polar surface area (TPSA) is 35.2 Å². The number of benzene rings is 2. The van der Waals surface area contributed by atoms with Crippen molar-refractivity contribution in [1.82, 2.24) is 0 Å². The summed E-state index contributed by atoms with van der Waals surface area (Å²) in [5.41, 5.74) is 6.17. The fourth-order valence-corrected chi connectivity index (χ4v) is 2.09. The lowest BCUT2D eigenvalue weighted by Gasteiger charge is -2.17. The molecule has 0 amide bonds. The predicted octanol–water partition coefficient (Wildman–Crippen LogP) is 3.67. The van der Waals surface area contributed by atoms with E-state index >= 15 is 0 Å². The number of halogens is 3. The summed E-state index contributed by atoms with van der Waals surface area (Å²) in [6, 6.07) is 7.39. The summed E-state index contributed by atoms with van der Waals surface area (Å²) in [7, 11) is 1.46.